The van der Waals surface area contributed by atoms with E-state index in [-0.39, 0.29) is 23.4 Å². The number of carboxylic acids is 1. The Labute approximate surface area is 155 Å². The molecule has 0 fully saturated rings. The molecule has 3 aromatic rings. The SMILES string of the molecule is O=C(O)Cc1ccccc1NC(=O)c1ccc(-c2noc(C(F)(F)F)n2)cc1. The molecule has 0 radical (unpaired) electrons. The lowest BCUT2D eigenvalue weighted by atomic mass is 10.1. The third kappa shape index (κ3) is 4.34. The van der Waals surface area contributed by atoms with Gasteiger partial charge in [-0.05, 0) is 23.8 Å². The van der Waals surface area contributed by atoms with E-state index in [1.807, 2.05) is 0 Å². The Balaban J connectivity index is 1.76. The Morgan fingerprint density at radius 1 is 1.07 bits per heavy atom. The van der Waals surface area contributed by atoms with Crippen molar-refractivity contribution in [1.82, 2.24) is 10.1 Å². The van der Waals surface area contributed by atoms with Gasteiger partial charge in [-0.3, -0.25) is 9.59 Å². The van der Waals surface area contributed by atoms with E-state index < -0.39 is 23.9 Å². The molecule has 0 bridgehead atoms. The van der Waals surface area contributed by atoms with Crippen molar-refractivity contribution in [3.63, 3.8) is 0 Å². The summed E-state index contributed by atoms with van der Waals surface area (Å²) in [5.74, 6) is -3.26. The monoisotopic (exact) mass is 391 g/mol. The number of aliphatic carboxylic acids is 1. The van der Waals surface area contributed by atoms with E-state index in [1.165, 1.54) is 24.3 Å². The molecule has 7 nitrogen and oxygen atoms in total. The molecule has 10 heteroatoms. The minimum absolute atomic E-state index is 0.216. The molecule has 0 unspecified atom stereocenters. The van der Waals surface area contributed by atoms with Gasteiger partial charge < -0.3 is 14.9 Å². The lowest BCUT2D eigenvalue weighted by molar-refractivity contribution is -0.159. The van der Waals surface area contributed by atoms with Gasteiger partial charge in [0.1, 0.15) is 0 Å². The van der Waals surface area contributed by atoms with Gasteiger partial charge in [-0.25, -0.2) is 0 Å². The summed E-state index contributed by atoms with van der Waals surface area (Å²) in [6.45, 7) is 0. The van der Waals surface area contributed by atoms with Gasteiger partial charge in [0.05, 0.1) is 6.42 Å². The van der Waals surface area contributed by atoms with Gasteiger partial charge in [-0.15, -0.1) is 0 Å². The largest absolute Gasteiger partial charge is 0.481 e. The first-order chi connectivity index (χ1) is 13.2. The van der Waals surface area contributed by atoms with Gasteiger partial charge in [0.2, 0.25) is 5.82 Å². The van der Waals surface area contributed by atoms with Crippen molar-refractivity contribution in [2.75, 3.05) is 5.32 Å². The number of carboxylic acid groups (broad SMARTS) is 1. The van der Waals surface area contributed by atoms with E-state index in [0.29, 0.717) is 11.3 Å². The number of hydrogen-bond donors (Lipinski definition) is 2. The number of hydrogen-bond acceptors (Lipinski definition) is 5. The van der Waals surface area contributed by atoms with Crippen molar-refractivity contribution < 1.29 is 32.4 Å². The molecule has 144 valence electrons. The lowest BCUT2D eigenvalue weighted by Crippen LogP contribution is -2.14. The predicted molar refractivity (Wildman–Crippen MR) is 90.5 cm³/mol. The number of para-hydroxylation sites is 1. The van der Waals surface area contributed by atoms with Crippen LogP contribution in [0.1, 0.15) is 21.8 Å². The average molecular weight is 391 g/mol. The minimum atomic E-state index is -4.74. The zero-order chi connectivity index (χ0) is 20.3. The Bertz CT molecular complexity index is 1010. The summed E-state index contributed by atoms with van der Waals surface area (Å²) in [7, 11) is 0. The number of carbonyl (C=O) groups is 2. The molecule has 0 saturated heterocycles. The highest BCUT2D eigenvalue weighted by Crippen LogP contribution is 2.29. The van der Waals surface area contributed by atoms with Crippen LogP contribution in [0.4, 0.5) is 18.9 Å². The normalized spacial score (nSPS) is 11.2. The van der Waals surface area contributed by atoms with Gasteiger partial charge >= 0.3 is 18.0 Å². The highest BCUT2D eigenvalue weighted by Gasteiger charge is 2.38. The van der Waals surface area contributed by atoms with E-state index in [0.717, 1.165) is 0 Å². The number of anilines is 1. The molecule has 1 amide bonds. The Morgan fingerprint density at radius 2 is 1.75 bits per heavy atom. The van der Waals surface area contributed by atoms with Gasteiger partial charge in [-0.2, -0.15) is 18.2 Å². The first kappa shape index (κ1) is 19.1. The lowest BCUT2D eigenvalue weighted by Gasteiger charge is -2.10. The quantitative estimate of drug-likeness (QED) is 0.688. The topological polar surface area (TPSA) is 105 Å². The summed E-state index contributed by atoms with van der Waals surface area (Å²) in [5, 5.41) is 14.8. The fourth-order valence-corrected chi connectivity index (χ4v) is 2.38. The fourth-order valence-electron chi connectivity index (χ4n) is 2.38. The first-order valence-electron chi connectivity index (χ1n) is 7.86. The van der Waals surface area contributed by atoms with Gasteiger partial charge in [0, 0.05) is 16.8 Å². The third-order valence-corrected chi connectivity index (χ3v) is 3.68. The first-order valence-corrected chi connectivity index (χ1v) is 7.86. The summed E-state index contributed by atoms with van der Waals surface area (Å²) in [5.41, 5.74) is 1.24. The van der Waals surface area contributed by atoms with E-state index in [2.05, 4.69) is 20.0 Å². The summed E-state index contributed by atoms with van der Waals surface area (Å²) in [6.07, 6.45) is -5.00. The van der Waals surface area contributed by atoms with Crippen LogP contribution in [0.15, 0.2) is 53.1 Å². The molecule has 3 rings (SSSR count). The number of halogens is 3. The van der Waals surface area contributed by atoms with Crippen molar-refractivity contribution in [2.24, 2.45) is 0 Å². The molecule has 28 heavy (non-hydrogen) atoms. The van der Waals surface area contributed by atoms with Crippen molar-refractivity contribution >= 4 is 17.6 Å². The Kier molecular flexibility index (Phi) is 5.12. The minimum Gasteiger partial charge on any atom is -0.481 e. The molecule has 0 saturated carbocycles. The number of amides is 1. The molecule has 0 atom stereocenters. The Hall–Kier alpha value is -3.69. The summed E-state index contributed by atoms with van der Waals surface area (Å²) in [4.78, 5) is 26.6. The zero-order valence-corrected chi connectivity index (χ0v) is 14.0. The summed E-state index contributed by atoms with van der Waals surface area (Å²) < 4.78 is 41.7. The zero-order valence-electron chi connectivity index (χ0n) is 14.0. The second-order valence-electron chi connectivity index (χ2n) is 5.68. The molecule has 0 spiro atoms. The summed E-state index contributed by atoms with van der Waals surface area (Å²) >= 11 is 0. The van der Waals surface area contributed by atoms with E-state index >= 15 is 0 Å². The van der Waals surface area contributed by atoms with Gasteiger partial charge in [0.25, 0.3) is 5.91 Å². The number of benzene rings is 2. The van der Waals surface area contributed by atoms with Crippen molar-refractivity contribution in [3.05, 3.63) is 65.5 Å². The molecule has 2 N–H and O–H groups in total. The highest BCUT2D eigenvalue weighted by molar-refractivity contribution is 6.05. The standard InChI is InChI=1S/C18H12F3N3O4/c19-18(20,21)17-23-15(24-28-17)10-5-7-11(8-6-10)16(27)22-13-4-2-1-3-12(13)9-14(25)26/h1-8H,9H2,(H,22,27)(H,25,26). The number of aromatic nitrogens is 2. The number of carbonyl (C=O) groups excluding carboxylic acids is 1. The number of nitrogens with zero attached hydrogens (tertiary/aromatic N) is 2. The average Bonchev–Trinajstić information content (AvgIpc) is 3.14. The molecule has 0 aliphatic heterocycles. The number of alkyl halides is 3. The maximum absolute atomic E-state index is 12.5. The predicted octanol–water partition coefficient (Wildman–Crippen LogP) is 3.63. The maximum atomic E-state index is 12.5. The molecule has 0 aliphatic rings. The van der Waals surface area contributed by atoms with Crippen LogP contribution < -0.4 is 5.32 Å². The maximum Gasteiger partial charge on any atom is 0.471 e. The summed E-state index contributed by atoms with van der Waals surface area (Å²) in [6, 6.07) is 12.0. The molecular formula is C18H12F3N3O4. The van der Waals surface area contributed by atoms with E-state index in [4.69, 9.17) is 5.11 Å². The third-order valence-electron chi connectivity index (χ3n) is 3.68. The molecular weight excluding hydrogens is 379 g/mol. The van der Waals surface area contributed by atoms with Crippen LogP contribution >= 0.6 is 0 Å². The number of nitrogens with one attached hydrogen (secondary N) is 1. The van der Waals surface area contributed by atoms with Crippen molar-refractivity contribution in [2.45, 2.75) is 12.6 Å². The molecule has 0 aliphatic carbocycles. The van der Waals surface area contributed by atoms with Crippen molar-refractivity contribution in [3.8, 4) is 11.4 Å². The fraction of sp³-hybridized carbons (Fsp3) is 0.111. The van der Waals surface area contributed by atoms with Crippen LogP contribution in [0.3, 0.4) is 0 Å². The Morgan fingerprint density at radius 3 is 2.36 bits per heavy atom. The van der Waals surface area contributed by atoms with Crippen LogP contribution in [0.25, 0.3) is 11.4 Å². The second kappa shape index (κ2) is 7.51. The molecule has 2 aromatic carbocycles. The van der Waals surface area contributed by atoms with Gasteiger partial charge in [0.15, 0.2) is 0 Å². The van der Waals surface area contributed by atoms with E-state index in [9.17, 15) is 22.8 Å². The van der Waals surface area contributed by atoms with Crippen LogP contribution in [0.2, 0.25) is 0 Å². The molecule has 1 aromatic heterocycles. The van der Waals surface area contributed by atoms with Crippen molar-refractivity contribution in [1.29, 1.82) is 0 Å². The highest BCUT2D eigenvalue weighted by atomic mass is 19.4. The number of rotatable bonds is 5. The van der Waals surface area contributed by atoms with Crippen LogP contribution in [0.5, 0.6) is 0 Å². The molecule has 1 heterocycles. The van der Waals surface area contributed by atoms with E-state index in [1.54, 1.807) is 24.3 Å². The van der Waals surface area contributed by atoms with Crippen LogP contribution in [-0.4, -0.2) is 27.1 Å². The van der Waals surface area contributed by atoms with Crippen LogP contribution in [-0.2, 0) is 17.4 Å². The van der Waals surface area contributed by atoms with Gasteiger partial charge in [-0.1, -0.05) is 35.5 Å². The van der Waals surface area contributed by atoms with Crippen LogP contribution in [0, 0.1) is 0 Å². The smallest absolute Gasteiger partial charge is 0.471 e. The second-order valence-corrected chi connectivity index (χ2v) is 5.68.